The van der Waals surface area contributed by atoms with Crippen LogP contribution in [0.15, 0.2) is 34.8 Å². The molecule has 15 heavy (non-hydrogen) atoms. The van der Waals surface area contributed by atoms with Gasteiger partial charge in [-0.1, -0.05) is 46.3 Å². The molecule has 0 amide bonds. The second kappa shape index (κ2) is 3.03. The summed E-state index contributed by atoms with van der Waals surface area (Å²) in [5, 5.41) is 2.50. The van der Waals surface area contributed by atoms with Crippen molar-refractivity contribution < 1.29 is 0 Å². The van der Waals surface area contributed by atoms with Crippen LogP contribution in [0, 0.1) is 0 Å². The van der Waals surface area contributed by atoms with E-state index in [-0.39, 0.29) is 0 Å². The molecule has 0 fully saturated rings. The Morgan fingerprint density at radius 2 is 2.00 bits per heavy atom. The van der Waals surface area contributed by atoms with Gasteiger partial charge < -0.3 is 4.90 Å². The molecule has 0 radical (unpaired) electrons. The SMILES string of the molecule is CN1C(=S)c2cccc3c(Br)ccc1c23. The van der Waals surface area contributed by atoms with Gasteiger partial charge in [0, 0.05) is 22.5 Å². The van der Waals surface area contributed by atoms with Crippen LogP contribution in [0.5, 0.6) is 0 Å². The van der Waals surface area contributed by atoms with Gasteiger partial charge in [0.25, 0.3) is 0 Å². The fourth-order valence-electron chi connectivity index (χ4n) is 2.10. The second-order valence-electron chi connectivity index (χ2n) is 3.66. The average Bonchev–Trinajstić information content (AvgIpc) is 2.50. The topological polar surface area (TPSA) is 3.24 Å². The molecule has 0 spiro atoms. The third kappa shape index (κ3) is 1.11. The lowest BCUT2D eigenvalue weighted by Gasteiger charge is -2.12. The van der Waals surface area contributed by atoms with Crippen LogP contribution in [-0.2, 0) is 0 Å². The molecule has 2 aromatic rings. The zero-order valence-corrected chi connectivity index (χ0v) is 10.5. The molecule has 0 N–H and O–H groups in total. The summed E-state index contributed by atoms with van der Waals surface area (Å²) in [5.74, 6) is 0. The zero-order valence-electron chi connectivity index (χ0n) is 8.12. The van der Waals surface area contributed by atoms with E-state index in [9.17, 15) is 0 Å². The highest BCUT2D eigenvalue weighted by atomic mass is 79.9. The Balaban J connectivity index is 2.56. The molecule has 1 nitrogen and oxygen atoms in total. The minimum atomic E-state index is 0.911. The van der Waals surface area contributed by atoms with Gasteiger partial charge in [-0.05, 0) is 17.5 Å². The van der Waals surface area contributed by atoms with E-state index in [0.29, 0.717) is 0 Å². The van der Waals surface area contributed by atoms with Crippen LogP contribution in [0.3, 0.4) is 0 Å². The zero-order chi connectivity index (χ0) is 10.6. The van der Waals surface area contributed by atoms with Crippen LogP contribution in [0.25, 0.3) is 10.8 Å². The molecule has 2 aromatic carbocycles. The minimum absolute atomic E-state index is 0.911. The van der Waals surface area contributed by atoms with Crippen LogP contribution in [0.2, 0.25) is 0 Å². The molecule has 0 atom stereocenters. The molecular formula is C12H8BrNS. The van der Waals surface area contributed by atoms with Gasteiger partial charge in [0.05, 0.1) is 5.69 Å². The lowest BCUT2D eigenvalue weighted by atomic mass is 10.1. The number of benzene rings is 2. The minimum Gasteiger partial charge on any atom is -0.335 e. The Morgan fingerprint density at radius 3 is 2.80 bits per heavy atom. The van der Waals surface area contributed by atoms with E-state index in [1.807, 2.05) is 7.05 Å². The van der Waals surface area contributed by atoms with Gasteiger partial charge in [0.2, 0.25) is 0 Å². The Labute approximate surface area is 102 Å². The van der Waals surface area contributed by atoms with Crippen molar-refractivity contribution in [1.82, 2.24) is 0 Å². The predicted octanol–water partition coefficient (Wildman–Crippen LogP) is 3.73. The summed E-state index contributed by atoms with van der Waals surface area (Å²) in [5.41, 5.74) is 2.37. The Morgan fingerprint density at radius 1 is 1.20 bits per heavy atom. The van der Waals surface area contributed by atoms with Gasteiger partial charge in [-0.2, -0.15) is 0 Å². The van der Waals surface area contributed by atoms with Gasteiger partial charge in [0.15, 0.2) is 0 Å². The highest BCUT2D eigenvalue weighted by Crippen LogP contribution is 2.39. The maximum Gasteiger partial charge on any atom is 0.114 e. The normalized spacial score (nSPS) is 14.0. The Bertz CT molecular complexity index is 591. The van der Waals surface area contributed by atoms with E-state index >= 15 is 0 Å². The largest absolute Gasteiger partial charge is 0.335 e. The van der Waals surface area contributed by atoms with Crippen molar-refractivity contribution in [2.75, 3.05) is 11.9 Å². The van der Waals surface area contributed by atoms with Crippen molar-refractivity contribution in [2.24, 2.45) is 0 Å². The van der Waals surface area contributed by atoms with Crippen LogP contribution in [-0.4, -0.2) is 12.0 Å². The van der Waals surface area contributed by atoms with E-state index in [4.69, 9.17) is 12.2 Å². The van der Waals surface area contributed by atoms with E-state index < -0.39 is 0 Å². The van der Waals surface area contributed by atoms with E-state index in [0.717, 1.165) is 9.46 Å². The van der Waals surface area contributed by atoms with Gasteiger partial charge in [-0.3, -0.25) is 0 Å². The number of hydrogen-bond donors (Lipinski definition) is 0. The summed E-state index contributed by atoms with van der Waals surface area (Å²) in [4.78, 5) is 2.98. The molecule has 0 aromatic heterocycles. The average molecular weight is 278 g/mol. The van der Waals surface area contributed by atoms with Crippen molar-refractivity contribution in [2.45, 2.75) is 0 Å². The van der Waals surface area contributed by atoms with Crippen molar-refractivity contribution in [3.63, 3.8) is 0 Å². The molecule has 3 rings (SSSR count). The molecule has 1 aliphatic heterocycles. The number of rotatable bonds is 0. The van der Waals surface area contributed by atoms with Crippen molar-refractivity contribution in [1.29, 1.82) is 0 Å². The number of anilines is 1. The molecule has 0 saturated carbocycles. The molecule has 0 saturated heterocycles. The molecule has 3 heteroatoms. The first-order chi connectivity index (χ1) is 7.20. The summed E-state index contributed by atoms with van der Waals surface area (Å²) in [6.07, 6.45) is 0. The predicted molar refractivity (Wildman–Crippen MR) is 71.8 cm³/mol. The first kappa shape index (κ1) is 9.31. The van der Waals surface area contributed by atoms with Crippen LogP contribution >= 0.6 is 28.1 Å². The maximum absolute atomic E-state index is 5.41. The monoisotopic (exact) mass is 277 g/mol. The number of halogens is 1. The number of hydrogen-bond acceptors (Lipinski definition) is 1. The maximum atomic E-state index is 5.41. The van der Waals surface area contributed by atoms with Gasteiger partial charge in [0.1, 0.15) is 4.99 Å². The van der Waals surface area contributed by atoms with Crippen molar-refractivity contribution >= 4 is 49.6 Å². The van der Waals surface area contributed by atoms with Crippen molar-refractivity contribution in [3.05, 3.63) is 40.4 Å². The number of thiocarbonyl (C=S) groups is 1. The summed E-state index contributed by atoms with van der Waals surface area (Å²) in [6, 6.07) is 10.4. The standard InChI is InChI=1S/C12H8BrNS/c1-14-10-6-5-9(13)7-3-2-4-8(11(7)10)12(14)15/h2-6H,1H3. The summed E-state index contributed by atoms with van der Waals surface area (Å²) >= 11 is 8.98. The van der Waals surface area contributed by atoms with E-state index in [2.05, 4.69) is 51.2 Å². The summed E-state index contributed by atoms with van der Waals surface area (Å²) in [7, 11) is 2.02. The van der Waals surface area contributed by atoms with Crippen molar-refractivity contribution in [3.8, 4) is 0 Å². The molecule has 0 aliphatic carbocycles. The van der Waals surface area contributed by atoms with Crippen LogP contribution < -0.4 is 4.90 Å². The van der Waals surface area contributed by atoms with Crippen LogP contribution in [0.1, 0.15) is 5.56 Å². The van der Waals surface area contributed by atoms with Gasteiger partial charge >= 0.3 is 0 Å². The second-order valence-corrected chi connectivity index (χ2v) is 4.90. The molecule has 0 unspecified atom stereocenters. The Kier molecular flexibility index (Phi) is 1.88. The van der Waals surface area contributed by atoms with E-state index in [1.165, 1.54) is 22.0 Å². The molecule has 74 valence electrons. The fraction of sp³-hybridized carbons (Fsp3) is 0.0833. The third-order valence-electron chi connectivity index (χ3n) is 2.86. The highest BCUT2D eigenvalue weighted by Gasteiger charge is 2.23. The number of nitrogens with zero attached hydrogens (tertiary/aromatic N) is 1. The molecular weight excluding hydrogens is 270 g/mol. The third-order valence-corrected chi connectivity index (χ3v) is 4.05. The quantitative estimate of drug-likeness (QED) is 0.675. The lowest BCUT2D eigenvalue weighted by Crippen LogP contribution is -2.19. The molecule has 1 heterocycles. The Hall–Kier alpha value is -0.930. The fourth-order valence-corrected chi connectivity index (χ4v) is 2.83. The van der Waals surface area contributed by atoms with Crippen LogP contribution in [0.4, 0.5) is 5.69 Å². The smallest absolute Gasteiger partial charge is 0.114 e. The highest BCUT2D eigenvalue weighted by molar-refractivity contribution is 9.10. The summed E-state index contributed by atoms with van der Waals surface area (Å²) < 4.78 is 1.13. The molecule has 0 bridgehead atoms. The molecule has 1 aliphatic rings. The lowest BCUT2D eigenvalue weighted by molar-refractivity contribution is 1.33. The van der Waals surface area contributed by atoms with Gasteiger partial charge in [-0.25, -0.2) is 0 Å². The van der Waals surface area contributed by atoms with Gasteiger partial charge in [-0.15, -0.1) is 0 Å². The summed E-state index contributed by atoms with van der Waals surface area (Å²) in [6.45, 7) is 0. The first-order valence-corrected chi connectivity index (χ1v) is 5.89. The van der Waals surface area contributed by atoms with E-state index in [1.54, 1.807) is 0 Å². The first-order valence-electron chi connectivity index (χ1n) is 4.69.